The molecule has 0 amide bonds. The van der Waals surface area contributed by atoms with Crippen LogP contribution in [0.25, 0.3) is 0 Å². The van der Waals surface area contributed by atoms with Crippen LogP contribution >= 0.6 is 0 Å². The summed E-state index contributed by atoms with van der Waals surface area (Å²) in [5.41, 5.74) is 9.28. The normalized spacial score (nSPS) is 17.2. The van der Waals surface area contributed by atoms with Crippen molar-refractivity contribution in [3.63, 3.8) is 0 Å². The molecule has 0 saturated carbocycles. The monoisotopic (exact) mass is 249 g/mol. The number of nitrogens with two attached hydrogens (primary N) is 1. The highest BCUT2D eigenvalue weighted by Crippen LogP contribution is 2.26. The minimum Gasteiger partial charge on any atom is -0.396 e. The Morgan fingerprint density at radius 3 is 2.61 bits per heavy atom. The van der Waals surface area contributed by atoms with Crippen molar-refractivity contribution in [3.8, 4) is 0 Å². The Labute approximate surface area is 109 Å². The molecule has 1 aliphatic rings. The van der Waals surface area contributed by atoms with Crippen LogP contribution in [0.5, 0.6) is 0 Å². The molecule has 4 nitrogen and oxygen atoms in total. The molecule has 3 N–H and O–H groups in total. The van der Waals surface area contributed by atoms with Gasteiger partial charge in [-0.05, 0) is 44.2 Å². The number of aromatic nitrogens is 1. The van der Waals surface area contributed by atoms with E-state index in [-0.39, 0.29) is 0 Å². The molecule has 0 radical (unpaired) electrons. The van der Waals surface area contributed by atoms with Gasteiger partial charge in [0.2, 0.25) is 0 Å². The summed E-state index contributed by atoms with van der Waals surface area (Å²) >= 11 is 0. The lowest BCUT2D eigenvalue weighted by Crippen LogP contribution is -2.36. The first kappa shape index (κ1) is 13.3. The summed E-state index contributed by atoms with van der Waals surface area (Å²) in [6, 6.07) is 2.09. The number of hydrogen-bond acceptors (Lipinski definition) is 4. The molecule has 100 valence electrons. The molecule has 0 aliphatic carbocycles. The molecule has 1 saturated heterocycles. The molecular weight excluding hydrogens is 226 g/mol. The maximum absolute atomic E-state index is 9.18. The molecule has 4 heteroatoms. The fraction of sp³-hybridized carbons (Fsp3) is 0.643. The number of aliphatic hydroxyl groups is 1. The van der Waals surface area contributed by atoms with Crippen LogP contribution in [0.15, 0.2) is 6.07 Å². The van der Waals surface area contributed by atoms with Gasteiger partial charge >= 0.3 is 0 Å². The first-order valence-corrected chi connectivity index (χ1v) is 6.68. The van der Waals surface area contributed by atoms with E-state index >= 15 is 0 Å². The van der Waals surface area contributed by atoms with Crippen molar-refractivity contribution < 1.29 is 5.11 Å². The van der Waals surface area contributed by atoms with Crippen LogP contribution in [0.3, 0.4) is 0 Å². The second-order valence-corrected chi connectivity index (χ2v) is 5.20. The lowest BCUT2D eigenvalue weighted by atomic mass is 9.97. The first-order valence-electron chi connectivity index (χ1n) is 6.68. The van der Waals surface area contributed by atoms with E-state index in [0.29, 0.717) is 19.1 Å². The SMILES string of the molecule is Cc1cc(C)c(CN)c(N2CCC(CO)CC2)n1. The largest absolute Gasteiger partial charge is 0.396 e. The zero-order valence-electron chi connectivity index (χ0n) is 11.3. The van der Waals surface area contributed by atoms with E-state index in [1.165, 1.54) is 5.56 Å². The minimum atomic E-state index is 0.303. The number of aryl methyl sites for hydroxylation is 2. The summed E-state index contributed by atoms with van der Waals surface area (Å²) in [6.07, 6.45) is 2.07. The Balaban J connectivity index is 2.23. The highest BCUT2D eigenvalue weighted by molar-refractivity contribution is 5.51. The van der Waals surface area contributed by atoms with Crippen LogP contribution < -0.4 is 10.6 Å². The Morgan fingerprint density at radius 2 is 2.06 bits per heavy atom. The Morgan fingerprint density at radius 1 is 1.39 bits per heavy atom. The van der Waals surface area contributed by atoms with Crippen molar-refractivity contribution in [1.29, 1.82) is 0 Å². The highest BCUT2D eigenvalue weighted by Gasteiger charge is 2.22. The number of piperidine rings is 1. The standard InChI is InChI=1S/C14H23N3O/c1-10-7-11(2)16-14(13(10)8-15)17-5-3-12(9-18)4-6-17/h7,12,18H,3-6,8-9,15H2,1-2H3. The van der Waals surface area contributed by atoms with Crippen LogP contribution in [0.2, 0.25) is 0 Å². The van der Waals surface area contributed by atoms with E-state index in [4.69, 9.17) is 5.73 Å². The fourth-order valence-electron chi connectivity index (χ4n) is 2.68. The molecule has 0 unspecified atom stereocenters. The van der Waals surface area contributed by atoms with Crippen molar-refractivity contribution >= 4 is 5.82 Å². The molecule has 0 bridgehead atoms. The van der Waals surface area contributed by atoms with Gasteiger partial charge in [0.1, 0.15) is 5.82 Å². The van der Waals surface area contributed by atoms with Gasteiger partial charge in [-0.25, -0.2) is 4.98 Å². The van der Waals surface area contributed by atoms with Crippen molar-refractivity contribution in [3.05, 3.63) is 22.9 Å². The Bertz CT molecular complexity index is 412. The van der Waals surface area contributed by atoms with E-state index in [0.717, 1.165) is 43.0 Å². The van der Waals surface area contributed by atoms with Gasteiger partial charge in [0, 0.05) is 37.5 Å². The molecule has 1 aromatic heterocycles. The van der Waals surface area contributed by atoms with Crippen molar-refractivity contribution in [2.45, 2.75) is 33.2 Å². The lowest BCUT2D eigenvalue weighted by molar-refractivity contribution is 0.202. The van der Waals surface area contributed by atoms with Crippen LogP contribution in [-0.2, 0) is 6.54 Å². The molecular formula is C14H23N3O. The number of aliphatic hydroxyl groups excluding tert-OH is 1. The maximum atomic E-state index is 9.18. The zero-order chi connectivity index (χ0) is 13.1. The number of anilines is 1. The summed E-state index contributed by atoms with van der Waals surface area (Å²) in [7, 11) is 0. The summed E-state index contributed by atoms with van der Waals surface area (Å²) in [6.45, 7) is 6.90. The van der Waals surface area contributed by atoms with Gasteiger partial charge in [-0.1, -0.05) is 0 Å². The number of pyridine rings is 1. The zero-order valence-corrected chi connectivity index (χ0v) is 11.3. The van der Waals surface area contributed by atoms with E-state index in [2.05, 4.69) is 22.9 Å². The predicted octanol–water partition coefficient (Wildman–Crippen LogP) is 1.37. The van der Waals surface area contributed by atoms with Gasteiger partial charge in [0.25, 0.3) is 0 Å². The second-order valence-electron chi connectivity index (χ2n) is 5.20. The fourth-order valence-corrected chi connectivity index (χ4v) is 2.68. The molecule has 0 spiro atoms. The molecule has 2 heterocycles. The van der Waals surface area contributed by atoms with Gasteiger partial charge in [-0.15, -0.1) is 0 Å². The minimum absolute atomic E-state index is 0.303. The van der Waals surface area contributed by atoms with Gasteiger partial charge in [-0.3, -0.25) is 0 Å². The molecule has 18 heavy (non-hydrogen) atoms. The van der Waals surface area contributed by atoms with Gasteiger partial charge in [0.05, 0.1) is 0 Å². The topological polar surface area (TPSA) is 62.4 Å². The van der Waals surface area contributed by atoms with E-state index in [1.807, 2.05) is 6.92 Å². The quantitative estimate of drug-likeness (QED) is 0.849. The average molecular weight is 249 g/mol. The van der Waals surface area contributed by atoms with Gasteiger partial charge in [0.15, 0.2) is 0 Å². The molecule has 1 aliphatic heterocycles. The molecule has 2 rings (SSSR count). The van der Waals surface area contributed by atoms with Crippen LogP contribution in [0.4, 0.5) is 5.82 Å². The summed E-state index contributed by atoms with van der Waals surface area (Å²) in [5.74, 6) is 1.50. The van der Waals surface area contributed by atoms with Crippen molar-refractivity contribution in [1.82, 2.24) is 4.98 Å². The highest BCUT2D eigenvalue weighted by atomic mass is 16.3. The Kier molecular flexibility index (Phi) is 4.19. The van der Waals surface area contributed by atoms with E-state index in [9.17, 15) is 5.11 Å². The lowest BCUT2D eigenvalue weighted by Gasteiger charge is -2.33. The van der Waals surface area contributed by atoms with Crippen LogP contribution in [0.1, 0.15) is 29.7 Å². The van der Waals surface area contributed by atoms with E-state index in [1.54, 1.807) is 0 Å². The van der Waals surface area contributed by atoms with Crippen LogP contribution in [0, 0.1) is 19.8 Å². The van der Waals surface area contributed by atoms with Crippen LogP contribution in [-0.4, -0.2) is 29.8 Å². The smallest absolute Gasteiger partial charge is 0.133 e. The van der Waals surface area contributed by atoms with Crippen molar-refractivity contribution in [2.24, 2.45) is 11.7 Å². The first-order chi connectivity index (χ1) is 8.65. The van der Waals surface area contributed by atoms with Gasteiger partial charge in [-0.2, -0.15) is 0 Å². The predicted molar refractivity (Wildman–Crippen MR) is 73.6 cm³/mol. The molecule has 1 fully saturated rings. The third-order valence-corrected chi connectivity index (χ3v) is 3.83. The average Bonchev–Trinajstić information content (AvgIpc) is 2.38. The molecule has 0 atom stereocenters. The summed E-state index contributed by atoms with van der Waals surface area (Å²) in [5, 5.41) is 9.18. The maximum Gasteiger partial charge on any atom is 0.133 e. The molecule has 0 aromatic carbocycles. The summed E-state index contributed by atoms with van der Waals surface area (Å²) in [4.78, 5) is 6.98. The number of nitrogens with zero attached hydrogens (tertiary/aromatic N) is 2. The number of hydrogen-bond donors (Lipinski definition) is 2. The third kappa shape index (κ3) is 2.65. The third-order valence-electron chi connectivity index (χ3n) is 3.83. The van der Waals surface area contributed by atoms with E-state index < -0.39 is 0 Å². The number of rotatable bonds is 3. The van der Waals surface area contributed by atoms with Crippen molar-refractivity contribution in [2.75, 3.05) is 24.6 Å². The van der Waals surface area contributed by atoms with Gasteiger partial charge < -0.3 is 15.7 Å². The Hall–Kier alpha value is -1.13. The molecule has 1 aromatic rings. The summed E-state index contributed by atoms with van der Waals surface area (Å²) < 4.78 is 0. The second kappa shape index (κ2) is 5.67.